The number of allylic oxidation sites excluding steroid dienone is 4. The first-order valence-corrected chi connectivity index (χ1v) is 7.19. The van der Waals surface area contributed by atoms with E-state index in [0.717, 1.165) is 29.2 Å². The molecule has 4 heteroatoms. The number of nitrogens with one attached hydrogen (secondary N) is 1. The van der Waals surface area contributed by atoms with Crippen LogP contribution in [0.4, 0.5) is 0 Å². The van der Waals surface area contributed by atoms with Crippen molar-refractivity contribution in [3.8, 4) is 11.5 Å². The topological polar surface area (TPSA) is 47.6 Å². The Hall–Kier alpha value is -2.23. The predicted octanol–water partition coefficient (Wildman–Crippen LogP) is 2.69. The maximum atomic E-state index is 11.5. The number of benzene rings is 1. The highest BCUT2D eigenvalue weighted by Crippen LogP contribution is 2.44. The van der Waals surface area contributed by atoms with E-state index in [1.54, 1.807) is 7.11 Å². The summed E-state index contributed by atoms with van der Waals surface area (Å²) in [7, 11) is 1.65. The molecule has 0 radical (unpaired) electrons. The fourth-order valence-corrected chi connectivity index (χ4v) is 2.92. The summed E-state index contributed by atoms with van der Waals surface area (Å²) in [6.07, 6.45) is 7.20. The molecule has 4 nitrogen and oxygen atoms in total. The molecule has 0 aromatic heterocycles. The van der Waals surface area contributed by atoms with Crippen LogP contribution in [0.5, 0.6) is 11.5 Å². The second kappa shape index (κ2) is 5.64. The van der Waals surface area contributed by atoms with Gasteiger partial charge in [0.25, 0.3) is 0 Å². The molecule has 110 valence electrons. The first-order valence-electron chi connectivity index (χ1n) is 7.19. The molecule has 2 heterocycles. The zero-order valence-corrected chi connectivity index (χ0v) is 12.3. The quantitative estimate of drug-likeness (QED) is 0.929. The van der Waals surface area contributed by atoms with E-state index in [1.807, 2.05) is 31.2 Å². The summed E-state index contributed by atoms with van der Waals surface area (Å²) in [4.78, 5) is 11.5. The Morgan fingerprint density at radius 3 is 2.95 bits per heavy atom. The van der Waals surface area contributed by atoms with Gasteiger partial charge in [0.1, 0.15) is 5.76 Å². The number of methoxy groups -OCH3 is 1. The third-order valence-corrected chi connectivity index (χ3v) is 3.96. The lowest BCUT2D eigenvalue weighted by Crippen LogP contribution is -2.13. The molecule has 21 heavy (non-hydrogen) atoms. The van der Waals surface area contributed by atoms with Gasteiger partial charge in [-0.05, 0) is 24.6 Å². The molecule has 1 aromatic carbocycles. The van der Waals surface area contributed by atoms with Crippen molar-refractivity contribution in [2.24, 2.45) is 0 Å². The largest absolute Gasteiger partial charge is 0.493 e. The van der Waals surface area contributed by atoms with Gasteiger partial charge in [-0.15, -0.1) is 0 Å². The summed E-state index contributed by atoms with van der Waals surface area (Å²) in [6.45, 7) is 2.67. The Morgan fingerprint density at radius 1 is 1.43 bits per heavy atom. The zero-order chi connectivity index (χ0) is 14.8. The Balaban J connectivity index is 1.99. The molecule has 1 unspecified atom stereocenters. The van der Waals surface area contributed by atoms with E-state index in [0.29, 0.717) is 13.0 Å². The molecule has 0 aliphatic carbocycles. The van der Waals surface area contributed by atoms with Gasteiger partial charge in [0, 0.05) is 30.9 Å². The van der Waals surface area contributed by atoms with Gasteiger partial charge < -0.3 is 14.8 Å². The normalized spacial score (nSPS) is 22.5. The van der Waals surface area contributed by atoms with Crippen LogP contribution in [0.25, 0.3) is 0 Å². The monoisotopic (exact) mass is 285 g/mol. The van der Waals surface area contributed by atoms with Crippen molar-refractivity contribution in [1.29, 1.82) is 0 Å². The Kier molecular flexibility index (Phi) is 3.69. The van der Waals surface area contributed by atoms with Crippen molar-refractivity contribution in [2.75, 3.05) is 13.7 Å². The highest BCUT2D eigenvalue weighted by atomic mass is 16.5. The summed E-state index contributed by atoms with van der Waals surface area (Å²) in [5, 5.41) is 2.90. The maximum absolute atomic E-state index is 11.5. The Bertz CT molecular complexity index is 631. The fourth-order valence-electron chi connectivity index (χ4n) is 2.92. The number of fused-ring (bicyclic) bond motifs is 1. The minimum absolute atomic E-state index is 0.119. The summed E-state index contributed by atoms with van der Waals surface area (Å²) < 4.78 is 11.3. The average molecular weight is 285 g/mol. The van der Waals surface area contributed by atoms with Crippen LogP contribution >= 0.6 is 0 Å². The van der Waals surface area contributed by atoms with Crippen molar-refractivity contribution in [2.45, 2.75) is 25.7 Å². The maximum Gasteiger partial charge on any atom is 0.220 e. The molecule has 1 atom stereocenters. The fraction of sp³-hybridized carbons (Fsp3) is 0.353. The number of rotatable bonds is 3. The number of carbonyl (C=O) groups is 1. The summed E-state index contributed by atoms with van der Waals surface area (Å²) in [5.74, 6) is 2.79. The molecule has 1 aromatic rings. The molecule has 1 N–H and O–H groups in total. The van der Waals surface area contributed by atoms with E-state index in [-0.39, 0.29) is 11.8 Å². The van der Waals surface area contributed by atoms with Gasteiger partial charge in [-0.25, -0.2) is 0 Å². The molecule has 0 spiro atoms. The van der Waals surface area contributed by atoms with Gasteiger partial charge in [0.2, 0.25) is 5.91 Å². The minimum Gasteiger partial charge on any atom is -0.493 e. The van der Waals surface area contributed by atoms with Crippen LogP contribution in [0.1, 0.15) is 30.4 Å². The second-order valence-corrected chi connectivity index (χ2v) is 5.31. The van der Waals surface area contributed by atoms with E-state index >= 15 is 0 Å². The standard InChI is InChI=1S/C17H19NO3/c1-3-4-5-12-9-14-13(11-8-16(19)18-10-11)6-7-15(20-2)17(14)21-12/h3-7,11H,8-10H2,1-2H3,(H,18,19)/b4-3-,12-5+. The smallest absolute Gasteiger partial charge is 0.220 e. The van der Waals surface area contributed by atoms with Crippen LogP contribution in [-0.4, -0.2) is 19.6 Å². The summed E-state index contributed by atoms with van der Waals surface area (Å²) in [5.41, 5.74) is 2.33. The van der Waals surface area contributed by atoms with E-state index in [2.05, 4.69) is 11.4 Å². The van der Waals surface area contributed by atoms with Crippen molar-refractivity contribution < 1.29 is 14.3 Å². The molecule has 1 fully saturated rings. The van der Waals surface area contributed by atoms with Crippen LogP contribution in [0, 0.1) is 0 Å². The van der Waals surface area contributed by atoms with Gasteiger partial charge >= 0.3 is 0 Å². The molecular formula is C17H19NO3. The number of ether oxygens (including phenoxy) is 2. The second-order valence-electron chi connectivity index (χ2n) is 5.31. The zero-order valence-electron chi connectivity index (χ0n) is 12.3. The number of amides is 1. The first-order chi connectivity index (χ1) is 10.2. The SMILES string of the molecule is C/C=C\C=C1/Cc2c(C3CNC(=O)C3)ccc(OC)c2O1. The predicted molar refractivity (Wildman–Crippen MR) is 80.6 cm³/mol. The lowest BCUT2D eigenvalue weighted by molar-refractivity contribution is -0.119. The van der Waals surface area contributed by atoms with Crippen LogP contribution in [0.15, 0.2) is 36.1 Å². The van der Waals surface area contributed by atoms with Crippen molar-refractivity contribution in [1.82, 2.24) is 5.32 Å². The Labute approximate surface area is 124 Å². The third-order valence-electron chi connectivity index (χ3n) is 3.96. The van der Waals surface area contributed by atoms with Gasteiger partial charge in [-0.1, -0.05) is 18.2 Å². The van der Waals surface area contributed by atoms with E-state index < -0.39 is 0 Å². The van der Waals surface area contributed by atoms with Crippen molar-refractivity contribution in [3.05, 3.63) is 47.2 Å². The summed E-state index contributed by atoms with van der Waals surface area (Å²) in [6, 6.07) is 3.99. The third kappa shape index (κ3) is 2.53. The van der Waals surface area contributed by atoms with Gasteiger partial charge in [-0.3, -0.25) is 4.79 Å². The van der Waals surface area contributed by atoms with Gasteiger partial charge in [-0.2, -0.15) is 0 Å². The van der Waals surface area contributed by atoms with Gasteiger partial charge in [0.15, 0.2) is 11.5 Å². The first kappa shape index (κ1) is 13.7. The molecule has 2 aliphatic rings. The van der Waals surface area contributed by atoms with E-state index in [4.69, 9.17) is 9.47 Å². The average Bonchev–Trinajstić information content (AvgIpc) is 3.10. The number of hydrogen-bond acceptors (Lipinski definition) is 3. The van der Waals surface area contributed by atoms with E-state index in [9.17, 15) is 4.79 Å². The molecular weight excluding hydrogens is 266 g/mol. The van der Waals surface area contributed by atoms with Crippen LogP contribution in [-0.2, 0) is 11.2 Å². The number of hydrogen-bond donors (Lipinski definition) is 1. The Morgan fingerprint density at radius 2 is 2.29 bits per heavy atom. The molecule has 0 saturated carbocycles. The van der Waals surface area contributed by atoms with Crippen molar-refractivity contribution >= 4 is 5.91 Å². The highest BCUT2D eigenvalue weighted by Gasteiger charge is 2.31. The number of carbonyl (C=O) groups excluding carboxylic acids is 1. The van der Waals surface area contributed by atoms with E-state index in [1.165, 1.54) is 5.56 Å². The molecule has 1 amide bonds. The molecule has 2 aliphatic heterocycles. The van der Waals surface area contributed by atoms with Crippen LogP contribution in [0.2, 0.25) is 0 Å². The lowest BCUT2D eigenvalue weighted by Gasteiger charge is -2.14. The molecule has 3 rings (SSSR count). The molecule has 0 bridgehead atoms. The summed E-state index contributed by atoms with van der Waals surface area (Å²) >= 11 is 0. The van der Waals surface area contributed by atoms with Crippen LogP contribution in [0.3, 0.4) is 0 Å². The van der Waals surface area contributed by atoms with Gasteiger partial charge in [0.05, 0.1) is 7.11 Å². The lowest BCUT2D eigenvalue weighted by atomic mass is 9.91. The highest BCUT2D eigenvalue weighted by molar-refractivity contribution is 5.79. The van der Waals surface area contributed by atoms with Crippen LogP contribution < -0.4 is 14.8 Å². The minimum atomic E-state index is 0.119. The molecule has 1 saturated heterocycles. The van der Waals surface area contributed by atoms with Crippen molar-refractivity contribution in [3.63, 3.8) is 0 Å².